The molecule has 0 unspecified atom stereocenters. The Kier molecular flexibility index (Phi) is 3.90. The van der Waals surface area contributed by atoms with Crippen molar-refractivity contribution in [3.05, 3.63) is 23.4 Å². The first-order valence-electron chi connectivity index (χ1n) is 2.92. The van der Waals surface area contributed by atoms with E-state index in [1.165, 1.54) is 0 Å². The molecule has 0 amide bonds. The molecule has 0 aromatic heterocycles. The number of rotatable bonds is 2. The smallest absolute Gasteiger partial charge is 0.0944 e. The molecule has 0 bridgehead atoms. The Bertz CT molecular complexity index is 216. The Morgan fingerprint density at radius 3 is 2.50 bits per heavy atom. The second-order valence-electron chi connectivity index (χ2n) is 1.93. The number of allylic oxidation sites excluding steroid dienone is 4. The summed E-state index contributed by atoms with van der Waals surface area (Å²) in [6, 6.07) is 2.00. The van der Waals surface area contributed by atoms with Crippen LogP contribution in [0.1, 0.15) is 13.8 Å². The van der Waals surface area contributed by atoms with Crippen LogP contribution in [-0.2, 0) is 0 Å². The van der Waals surface area contributed by atoms with Crippen molar-refractivity contribution in [1.82, 2.24) is 0 Å². The maximum atomic E-state index is 8.33. The lowest BCUT2D eigenvalue weighted by atomic mass is 10.3. The highest BCUT2D eigenvalue weighted by molar-refractivity contribution is 5.31. The van der Waals surface area contributed by atoms with Gasteiger partial charge >= 0.3 is 0 Å². The Labute approximate surface area is 61.2 Å². The lowest BCUT2D eigenvalue weighted by Crippen LogP contribution is -1.67. The SMILES string of the molecule is C=N/C(C)=C\C=C(/C)C#N. The number of hydrogen-bond acceptors (Lipinski definition) is 2. The highest BCUT2D eigenvalue weighted by Crippen LogP contribution is 1.95. The fourth-order valence-corrected chi connectivity index (χ4v) is 0.336. The number of nitrogens with zero attached hydrogens (tertiary/aromatic N) is 2. The van der Waals surface area contributed by atoms with Gasteiger partial charge in [0.2, 0.25) is 0 Å². The molecule has 0 spiro atoms. The van der Waals surface area contributed by atoms with E-state index in [-0.39, 0.29) is 0 Å². The zero-order valence-corrected chi connectivity index (χ0v) is 6.26. The molecular weight excluding hydrogens is 124 g/mol. The molecule has 52 valence electrons. The molecular formula is C8H10N2. The van der Waals surface area contributed by atoms with Crippen LogP contribution in [-0.4, -0.2) is 6.72 Å². The van der Waals surface area contributed by atoms with Gasteiger partial charge in [0.1, 0.15) is 0 Å². The lowest BCUT2D eigenvalue weighted by Gasteiger charge is -1.84. The minimum atomic E-state index is 0.669. The second-order valence-corrected chi connectivity index (χ2v) is 1.93. The molecule has 2 nitrogen and oxygen atoms in total. The third-order valence-corrected chi connectivity index (χ3v) is 1.00. The van der Waals surface area contributed by atoms with E-state index in [0.717, 1.165) is 5.70 Å². The Hall–Kier alpha value is -1.36. The van der Waals surface area contributed by atoms with Gasteiger partial charge in [0.25, 0.3) is 0 Å². The maximum absolute atomic E-state index is 8.33. The monoisotopic (exact) mass is 134 g/mol. The highest BCUT2D eigenvalue weighted by Gasteiger charge is 1.80. The molecule has 10 heavy (non-hydrogen) atoms. The van der Waals surface area contributed by atoms with Crippen molar-refractivity contribution in [2.24, 2.45) is 4.99 Å². The van der Waals surface area contributed by atoms with Gasteiger partial charge in [-0.15, -0.1) is 0 Å². The summed E-state index contributed by atoms with van der Waals surface area (Å²) in [5.41, 5.74) is 1.48. The lowest BCUT2D eigenvalue weighted by molar-refractivity contribution is 1.32. The van der Waals surface area contributed by atoms with E-state index in [4.69, 9.17) is 5.26 Å². The van der Waals surface area contributed by atoms with Crippen LogP contribution in [0.15, 0.2) is 28.4 Å². The van der Waals surface area contributed by atoms with Gasteiger partial charge in [-0.3, -0.25) is 4.99 Å². The van der Waals surface area contributed by atoms with E-state index in [0.29, 0.717) is 5.57 Å². The summed E-state index contributed by atoms with van der Waals surface area (Å²) < 4.78 is 0. The molecule has 0 atom stereocenters. The Balaban J connectivity index is 4.21. The van der Waals surface area contributed by atoms with Gasteiger partial charge < -0.3 is 0 Å². The fourth-order valence-electron chi connectivity index (χ4n) is 0.336. The van der Waals surface area contributed by atoms with Crippen molar-refractivity contribution in [2.75, 3.05) is 0 Å². The number of hydrogen-bond donors (Lipinski definition) is 0. The molecule has 0 fully saturated rings. The summed E-state index contributed by atoms with van der Waals surface area (Å²) in [6.07, 6.45) is 3.47. The average molecular weight is 134 g/mol. The zero-order valence-electron chi connectivity index (χ0n) is 6.26. The van der Waals surface area contributed by atoms with Crippen LogP contribution in [0, 0.1) is 11.3 Å². The van der Waals surface area contributed by atoms with Gasteiger partial charge in [-0.25, -0.2) is 0 Å². The van der Waals surface area contributed by atoms with E-state index in [2.05, 4.69) is 11.7 Å². The summed E-state index contributed by atoms with van der Waals surface area (Å²) in [6.45, 7) is 6.90. The normalized spacial score (nSPS) is 12.5. The first kappa shape index (κ1) is 8.64. The van der Waals surface area contributed by atoms with Gasteiger partial charge in [0.05, 0.1) is 6.07 Å². The average Bonchev–Trinajstić information content (AvgIpc) is 1.99. The van der Waals surface area contributed by atoms with E-state index >= 15 is 0 Å². The van der Waals surface area contributed by atoms with Crippen LogP contribution in [0.4, 0.5) is 0 Å². The third kappa shape index (κ3) is 3.62. The predicted octanol–water partition coefficient (Wildman–Crippen LogP) is 2.06. The van der Waals surface area contributed by atoms with E-state index in [9.17, 15) is 0 Å². The maximum Gasteiger partial charge on any atom is 0.0944 e. The van der Waals surface area contributed by atoms with E-state index in [1.54, 1.807) is 19.1 Å². The van der Waals surface area contributed by atoms with Crippen LogP contribution in [0.2, 0.25) is 0 Å². The molecule has 0 aromatic carbocycles. The fraction of sp³-hybridized carbons (Fsp3) is 0.250. The Morgan fingerprint density at radius 2 is 2.10 bits per heavy atom. The van der Waals surface area contributed by atoms with Gasteiger partial charge in [0, 0.05) is 11.3 Å². The van der Waals surface area contributed by atoms with Crippen molar-refractivity contribution >= 4 is 6.72 Å². The van der Waals surface area contributed by atoms with Gasteiger partial charge in [0.15, 0.2) is 0 Å². The van der Waals surface area contributed by atoms with Crippen molar-refractivity contribution in [1.29, 1.82) is 5.26 Å². The second kappa shape index (κ2) is 4.51. The summed E-state index contributed by atoms with van der Waals surface area (Å²) in [5.74, 6) is 0. The first-order chi connectivity index (χ1) is 4.70. The molecule has 0 heterocycles. The molecule has 0 aromatic rings. The van der Waals surface area contributed by atoms with Crippen LogP contribution < -0.4 is 0 Å². The number of nitriles is 1. The summed E-state index contributed by atoms with van der Waals surface area (Å²) in [4.78, 5) is 3.65. The van der Waals surface area contributed by atoms with Gasteiger partial charge in [-0.1, -0.05) is 0 Å². The van der Waals surface area contributed by atoms with Crippen LogP contribution in [0.5, 0.6) is 0 Å². The predicted molar refractivity (Wildman–Crippen MR) is 42.7 cm³/mol. The Morgan fingerprint density at radius 1 is 1.50 bits per heavy atom. The van der Waals surface area contributed by atoms with Gasteiger partial charge in [-0.2, -0.15) is 5.26 Å². The molecule has 0 saturated carbocycles. The molecule has 2 heteroatoms. The van der Waals surface area contributed by atoms with E-state index < -0.39 is 0 Å². The first-order valence-corrected chi connectivity index (χ1v) is 2.92. The molecule has 0 aliphatic rings. The molecule has 0 saturated heterocycles. The summed E-state index contributed by atoms with van der Waals surface area (Å²) >= 11 is 0. The molecule has 0 radical (unpaired) electrons. The largest absolute Gasteiger partial charge is 0.269 e. The van der Waals surface area contributed by atoms with Crippen molar-refractivity contribution in [2.45, 2.75) is 13.8 Å². The van der Waals surface area contributed by atoms with E-state index in [1.807, 2.05) is 13.0 Å². The van der Waals surface area contributed by atoms with Crippen LogP contribution in [0.25, 0.3) is 0 Å². The topological polar surface area (TPSA) is 36.1 Å². The number of aliphatic imine (C=N–C) groups is 1. The molecule has 0 rings (SSSR count). The molecule has 0 N–H and O–H groups in total. The highest BCUT2D eigenvalue weighted by atomic mass is 14.7. The van der Waals surface area contributed by atoms with Crippen molar-refractivity contribution in [3.8, 4) is 6.07 Å². The standard InChI is InChI=1S/C8H10N2/c1-7(6-9)4-5-8(2)10-3/h4-5H,3H2,1-2H3/b7-4+,8-5-. The minimum absolute atomic E-state index is 0.669. The summed E-state index contributed by atoms with van der Waals surface area (Å²) in [7, 11) is 0. The van der Waals surface area contributed by atoms with Crippen molar-refractivity contribution in [3.63, 3.8) is 0 Å². The third-order valence-electron chi connectivity index (χ3n) is 1.00. The molecule has 0 aliphatic carbocycles. The zero-order chi connectivity index (χ0) is 7.98. The molecule has 0 aliphatic heterocycles. The van der Waals surface area contributed by atoms with Crippen LogP contribution >= 0.6 is 0 Å². The van der Waals surface area contributed by atoms with Gasteiger partial charge in [-0.05, 0) is 32.7 Å². The van der Waals surface area contributed by atoms with Crippen LogP contribution in [0.3, 0.4) is 0 Å². The minimum Gasteiger partial charge on any atom is -0.269 e. The quantitative estimate of drug-likeness (QED) is 0.323. The summed E-state index contributed by atoms with van der Waals surface area (Å²) in [5, 5.41) is 8.33. The van der Waals surface area contributed by atoms with Crippen molar-refractivity contribution < 1.29 is 0 Å².